The minimum Gasteiger partial charge on any atom is -0.289 e. The summed E-state index contributed by atoms with van der Waals surface area (Å²) in [5, 5.41) is 8.93. The zero-order valence-electron chi connectivity index (χ0n) is 15.5. The van der Waals surface area contributed by atoms with Crippen molar-refractivity contribution in [3.63, 3.8) is 0 Å². The monoisotopic (exact) mass is 338 g/mol. The lowest BCUT2D eigenvalue weighted by molar-refractivity contribution is -0.112. The number of nitrogens with zero attached hydrogens (tertiary/aromatic N) is 4. The Labute approximate surface area is 149 Å². The van der Waals surface area contributed by atoms with E-state index >= 15 is 0 Å². The van der Waals surface area contributed by atoms with Gasteiger partial charge in [0, 0.05) is 47.8 Å². The van der Waals surface area contributed by atoms with Crippen LogP contribution in [0.2, 0.25) is 0 Å². The molecule has 1 saturated carbocycles. The lowest BCUT2D eigenvalue weighted by atomic mass is 9.87. The lowest BCUT2D eigenvalue weighted by Crippen LogP contribution is -2.12. The molecule has 0 saturated heterocycles. The van der Waals surface area contributed by atoms with Gasteiger partial charge in [-0.15, -0.1) is 0 Å². The Morgan fingerprint density at radius 1 is 0.920 bits per heavy atom. The van der Waals surface area contributed by atoms with E-state index in [2.05, 4.69) is 24.0 Å². The fourth-order valence-electron chi connectivity index (χ4n) is 3.23. The van der Waals surface area contributed by atoms with Crippen LogP contribution in [-0.2, 0) is 17.9 Å². The average Bonchev–Trinajstić information content (AvgIpc) is 3.14. The zero-order chi connectivity index (χ0) is 18.0. The molecule has 3 rings (SSSR count). The van der Waals surface area contributed by atoms with Gasteiger partial charge in [0.1, 0.15) is 0 Å². The molecule has 132 valence electrons. The summed E-state index contributed by atoms with van der Waals surface area (Å²) in [7, 11) is 0. The van der Waals surface area contributed by atoms with Gasteiger partial charge in [-0.2, -0.15) is 10.2 Å². The van der Waals surface area contributed by atoms with Crippen LogP contribution in [0.5, 0.6) is 0 Å². The molecule has 2 aromatic rings. The molecule has 1 aliphatic carbocycles. The Kier molecular flexibility index (Phi) is 5.02. The summed E-state index contributed by atoms with van der Waals surface area (Å²) in [6.07, 6.45) is 10.7. The van der Waals surface area contributed by atoms with Gasteiger partial charge in [-0.25, -0.2) is 0 Å². The first kappa shape index (κ1) is 17.4. The van der Waals surface area contributed by atoms with Gasteiger partial charge in [-0.05, 0) is 59.1 Å². The van der Waals surface area contributed by atoms with Gasteiger partial charge >= 0.3 is 0 Å². The van der Waals surface area contributed by atoms with Crippen molar-refractivity contribution in [2.75, 3.05) is 0 Å². The summed E-state index contributed by atoms with van der Waals surface area (Å²) in [5.41, 5.74) is 5.80. The van der Waals surface area contributed by atoms with Crippen LogP contribution < -0.4 is 0 Å². The van der Waals surface area contributed by atoms with Crippen LogP contribution in [0.4, 0.5) is 0 Å². The molecule has 2 heterocycles. The molecule has 0 spiro atoms. The van der Waals surface area contributed by atoms with Crippen LogP contribution in [0.1, 0.15) is 55.6 Å². The molecule has 0 atom stereocenters. The van der Waals surface area contributed by atoms with E-state index < -0.39 is 0 Å². The molecule has 0 bridgehead atoms. The Balaban J connectivity index is 1.90. The van der Waals surface area contributed by atoms with Crippen LogP contribution in [-0.4, -0.2) is 25.3 Å². The summed E-state index contributed by atoms with van der Waals surface area (Å²) in [4.78, 5) is 12.9. The van der Waals surface area contributed by atoms with Crippen LogP contribution in [0, 0.1) is 13.8 Å². The van der Waals surface area contributed by atoms with E-state index in [4.69, 9.17) is 0 Å². The molecule has 0 N–H and O–H groups in total. The van der Waals surface area contributed by atoms with E-state index in [0.29, 0.717) is 0 Å². The third-order valence-electron chi connectivity index (χ3n) is 4.75. The van der Waals surface area contributed by atoms with Crippen LogP contribution in [0.3, 0.4) is 0 Å². The second kappa shape index (κ2) is 7.21. The van der Waals surface area contributed by atoms with E-state index in [9.17, 15) is 4.79 Å². The van der Waals surface area contributed by atoms with Crippen molar-refractivity contribution in [1.29, 1.82) is 0 Å². The summed E-state index contributed by atoms with van der Waals surface area (Å²) >= 11 is 0. The van der Waals surface area contributed by atoms with Gasteiger partial charge in [0.15, 0.2) is 5.78 Å². The van der Waals surface area contributed by atoms with E-state index in [1.807, 2.05) is 47.8 Å². The Hall–Kier alpha value is -2.43. The highest BCUT2D eigenvalue weighted by Gasteiger charge is 2.21. The predicted octanol–water partition coefficient (Wildman–Crippen LogP) is 3.96. The second-order valence-corrected chi connectivity index (χ2v) is 6.57. The number of hydrogen-bond donors (Lipinski definition) is 0. The molecular weight excluding hydrogens is 312 g/mol. The summed E-state index contributed by atoms with van der Waals surface area (Å²) in [5.74, 6) is 0.165. The van der Waals surface area contributed by atoms with Gasteiger partial charge in [0.25, 0.3) is 0 Å². The van der Waals surface area contributed by atoms with Gasteiger partial charge in [0.05, 0.1) is 11.4 Å². The Morgan fingerprint density at radius 3 is 1.72 bits per heavy atom. The smallest absolute Gasteiger partial charge is 0.185 e. The third kappa shape index (κ3) is 3.65. The predicted molar refractivity (Wildman–Crippen MR) is 100 cm³/mol. The molecule has 1 aliphatic rings. The molecule has 25 heavy (non-hydrogen) atoms. The molecule has 5 heteroatoms. The van der Waals surface area contributed by atoms with E-state index in [-0.39, 0.29) is 5.78 Å². The quantitative estimate of drug-likeness (QED) is 0.793. The molecule has 0 amide bonds. The van der Waals surface area contributed by atoms with Crippen molar-refractivity contribution in [2.45, 2.75) is 60.0 Å². The first-order valence-electron chi connectivity index (χ1n) is 9.05. The van der Waals surface area contributed by atoms with E-state index in [1.165, 1.54) is 0 Å². The highest BCUT2D eigenvalue weighted by atomic mass is 16.1. The van der Waals surface area contributed by atoms with E-state index in [1.54, 1.807) is 0 Å². The summed E-state index contributed by atoms with van der Waals surface area (Å²) in [6, 6.07) is 0. The molecule has 0 radical (unpaired) electrons. The number of hydrogen-bond acceptors (Lipinski definition) is 3. The van der Waals surface area contributed by atoms with Crippen LogP contribution in [0.15, 0.2) is 23.5 Å². The van der Waals surface area contributed by atoms with Crippen LogP contribution >= 0.6 is 0 Å². The van der Waals surface area contributed by atoms with Crippen molar-refractivity contribution < 1.29 is 4.79 Å². The number of Topliss-reactive ketones (excluding diaryl/α,β-unsaturated/α-hetero) is 1. The highest BCUT2D eigenvalue weighted by molar-refractivity contribution is 6.14. The molecule has 1 fully saturated rings. The maximum atomic E-state index is 12.9. The minimum atomic E-state index is 0.165. The molecular formula is C20H26N4O. The molecule has 2 aromatic heterocycles. The van der Waals surface area contributed by atoms with Gasteiger partial charge in [-0.3, -0.25) is 14.2 Å². The molecule has 5 nitrogen and oxygen atoms in total. The number of aryl methyl sites for hydroxylation is 4. The maximum absolute atomic E-state index is 12.9. The first-order valence-corrected chi connectivity index (χ1v) is 9.05. The Morgan fingerprint density at radius 2 is 1.36 bits per heavy atom. The maximum Gasteiger partial charge on any atom is 0.185 e. The van der Waals surface area contributed by atoms with Crippen molar-refractivity contribution in [2.24, 2.45) is 0 Å². The third-order valence-corrected chi connectivity index (χ3v) is 4.75. The van der Waals surface area contributed by atoms with Crippen molar-refractivity contribution in [3.05, 3.63) is 46.1 Å². The van der Waals surface area contributed by atoms with Gasteiger partial charge in [-0.1, -0.05) is 0 Å². The molecule has 0 unspecified atom stereocenters. The minimum absolute atomic E-state index is 0.165. The number of allylic oxidation sites excluding steroid dienone is 2. The number of carbonyl (C=O) groups is 1. The lowest BCUT2D eigenvalue weighted by Gasteiger charge is -2.16. The summed E-state index contributed by atoms with van der Waals surface area (Å²) < 4.78 is 3.82. The highest BCUT2D eigenvalue weighted by Crippen LogP contribution is 2.29. The fourth-order valence-corrected chi connectivity index (χ4v) is 3.23. The number of aromatic nitrogens is 4. The number of ketones is 1. The SMILES string of the molecule is CCn1cc(/C=C2\CCC/C(=C\c3cn(CC)nc3C)C2=O)c(C)n1. The normalized spacial score (nSPS) is 18.5. The molecule has 0 aromatic carbocycles. The van der Waals surface area contributed by atoms with Crippen molar-refractivity contribution in [1.82, 2.24) is 19.6 Å². The van der Waals surface area contributed by atoms with Gasteiger partial charge < -0.3 is 0 Å². The van der Waals surface area contributed by atoms with Crippen LogP contribution in [0.25, 0.3) is 12.2 Å². The standard InChI is InChI=1S/C20H26N4O/c1-5-23-12-18(14(3)21-23)10-16-8-7-9-17(20(16)25)11-19-13-24(6-2)22-15(19)4/h10-13H,5-9H2,1-4H3/b16-10+,17-11+. The van der Waals surface area contributed by atoms with Gasteiger partial charge in [0.2, 0.25) is 0 Å². The van der Waals surface area contributed by atoms with Crippen molar-refractivity contribution >= 4 is 17.9 Å². The second-order valence-electron chi connectivity index (χ2n) is 6.57. The Bertz CT molecular complexity index is 783. The summed E-state index contributed by atoms with van der Waals surface area (Å²) in [6.45, 7) is 9.79. The van der Waals surface area contributed by atoms with E-state index in [0.717, 1.165) is 66.0 Å². The fraction of sp³-hybridized carbons (Fsp3) is 0.450. The number of rotatable bonds is 4. The zero-order valence-corrected chi connectivity index (χ0v) is 15.5. The largest absolute Gasteiger partial charge is 0.289 e. The van der Waals surface area contributed by atoms with Crippen molar-refractivity contribution in [3.8, 4) is 0 Å². The average molecular weight is 338 g/mol. The number of carbonyl (C=O) groups excluding carboxylic acids is 1. The first-order chi connectivity index (χ1) is 12.0. The molecule has 0 aliphatic heterocycles. The topological polar surface area (TPSA) is 52.7 Å².